The molecule has 2 heterocycles. The summed E-state index contributed by atoms with van der Waals surface area (Å²) in [7, 11) is 0. The van der Waals surface area contributed by atoms with E-state index in [9.17, 15) is 18.8 Å². The van der Waals surface area contributed by atoms with Crippen LogP contribution in [0.3, 0.4) is 0 Å². The molecule has 2 unspecified atom stereocenters. The van der Waals surface area contributed by atoms with E-state index in [0.29, 0.717) is 5.56 Å². The summed E-state index contributed by atoms with van der Waals surface area (Å²) in [6.07, 6.45) is 0. The minimum absolute atomic E-state index is 0.136. The normalized spacial score (nSPS) is 15.1. The van der Waals surface area contributed by atoms with Gasteiger partial charge in [-0.05, 0) is 50.2 Å². The maximum Gasteiger partial charge on any atom is 0.262 e. The van der Waals surface area contributed by atoms with Gasteiger partial charge in [-0.3, -0.25) is 19.3 Å². The van der Waals surface area contributed by atoms with Gasteiger partial charge in [0.2, 0.25) is 17.6 Å². The van der Waals surface area contributed by atoms with E-state index in [4.69, 9.17) is 4.52 Å². The fourth-order valence-electron chi connectivity index (χ4n) is 3.20. The van der Waals surface area contributed by atoms with Crippen molar-refractivity contribution in [2.24, 2.45) is 0 Å². The molecule has 30 heavy (non-hydrogen) atoms. The highest BCUT2D eigenvalue weighted by atomic mass is 19.1. The Labute approximate surface area is 170 Å². The molecule has 3 aromatic rings. The summed E-state index contributed by atoms with van der Waals surface area (Å²) in [4.78, 5) is 42.9. The van der Waals surface area contributed by atoms with Gasteiger partial charge >= 0.3 is 0 Å². The first-order chi connectivity index (χ1) is 14.4. The van der Waals surface area contributed by atoms with Gasteiger partial charge in [-0.2, -0.15) is 4.98 Å². The SMILES string of the molecule is CC(NC(=O)C(C)N1C(=O)c2ccccc2C1=O)c1nc(-c2ccc(F)cc2)no1. The second-order valence-electron chi connectivity index (χ2n) is 6.90. The second-order valence-corrected chi connectivity index (χ2v) is 6.90. The highest BCUT2D eigenvalue weighted by Crippen LogP contribution is 2.25. The maximum absolute atomic E-state index is 13.1. The van der Waals surface area contributed by atoms with Crippen LogP contribution < -0.4 is 5.32 Å². The molecular formula is C21H17FN4O4. The predicted molar refractivity (Wildman–Crippen MR) is 103 cm³/mol. The molecule has 0 fully saturated rings. The first-order valence-corrected chi connectivity index (χ1v) is 9.23. The lowest BCUT2D eigenvalue weighted by Gasteiger charge is -2.22. The molecule has 0 spiro atoms. The third-order valence-corrected chi connectivity index (χ3v) is 4.87. The molecule has 2 atom stereocenters. The predicted octanol–water partition coefficient (Wildman–Crippen LogP) is 2.74. The van der Waals surface area contributed by atoms with Gasteiger partial charge in [0.05, 0.1) is 11.1 Å². The highest BCUT2D eigenvalue weighted by molar-refractivity contribution is 6.22. The molecule has 1 aliphatic heterocycles. The van der Waals surface area contributed by atoms with Crippen LogP contribution in [0, 0.1) is 5.82 Å². The zero-order chi connectivity index (χ0) is 21.4. The van der Waals surface area contributed by atoms with Gasteiger partial charge < -0.3 is 9.84 Å². The number of hydrogen-bond donors (Lipinski definition) is 1. The summed E-state index contributed by atoms with van der Waals surface area (Å²) in [5.41, 5.74) is 1.11. The molecule has 2 aromatic carbocycles. The number of nitrogens with one attached hydrogen (secondary N) is 1. The van der Waals surface area contributed by atoms with Gasteiger partial charge in [-0.15, -0.1) is 0 Å². The summed E-state index contributed by atoms with van der Waals surface area (Å²) >= 11 is 0. The molecule has 1 aliphatic rings. The Morgan fingerprint density at radius 2 is 1.63 bits per heavy atom. The van der Waals surface area contributed by atoms with Crippen molar-refractivity contribution in [3.05, 3.63) is 71.4 Å². The van der Waals surface area contributed by atoms with E-state index in [0.717, 1.165) is 4.90 Å². The summed E-state index contributed by atoms with van der Waals surface area (Å²) in [6.45, 7) is 3.11. The van der Waals surface area contributed by atoms with E-state index >= 15 is 0 Å². The zero-order valence-electron chi connectivity index (χ0n) is 16.1. The van der Waals surface area contributed by atoms with Crippen LogP contribution >= 0.6 is 0 Å². The van der Waals surface area contributed by atoms with Gasteiger partial charge in [0.25, 0.3) is 11.8 Å². The highest BCUT2D eigenvalue weighted by Gasteiger charge is 2.41. The van der Waals surface area contributed by atoms with E-state index in [2.05, 4.69) is 15.5 Å². The van der Waals surface area contributed by atoms with Crippen molar-refractivity contribution in [1.82, 2.24) is 20.4 Å². The molecule has 1 aromatic heterocycles. The summed E-state index contributed by atoms with van der Waals surface area (Å²) in [6, 6.07) is 10.3. The van der Waals surface area contributed by atoms with Gasteiger partial charge in [0.1, 0.15) is 17.9 Å². The topological polar surface area (TPSA) is 105 Å². The number of nitrogens with zero attached hydrogens (tertiary/aromatic N) is 3. The average molecular weight is 408 g/mol. The third-order valence-electron chi connectivity index (χ3n) is 4.87. The molecule has 1 N–H and O–H groups in total. The van der Waals surface area contributed by atoms with Gasteiger partial charge in [-0.1, -0.05) is 17.3 Å². The van der Waals surface area contributed by atoms with E-state index in [1.54, 1.807) is 31.2 Å². The van der Waals surface area contributed by atoms with Crippen molar-refractivity contribution in [3.63, 3.8) is 0 Å². The number of rotatable bonds is 5. The largest absolute Gasteiger partial charge is 0.343 e. The zero-order valence-corrected chi connectivity index (χ0v) is 16.1. The van der Waals surface area contributed by atoms with Crippen molar-refractivity contribution < 1.29 is 23.3 Å². The number of benzene rings is 2. The first kappa shape index (κ1) is 19.4. The van der Waals surface area contributed by atoms with Gasteiger partial charge in [0.15, 0.2) is 0 Å². The van der Waals surface area contributed by atoms with E-state index in [1.807, 2.05) is 0 Å². The Morgan fingerprint density at radius 3 is 2.23 bits per heavy atom. The van der Waals surface area contributed by atoms with Crippen LogP contribution in [-0.2, 0) is 4.79 Å². The van der Waals surface area contributed by atoms with Gasteiger partial charge in [0, 0.05) is 5.56 Å². The Hall–Kier alpha value is -3.88. The van der Waals surface area contributed by atoms with Gasteiger partial charge in [-0.25, -0.2) is 4.39 Å². The fourth-order valence-corrected chi connectivity index (χ4v) is 3.20. The molecule has 0 saturated carbocycles. The molecule has 0 radical (unpaired) electrons. The summed E-state index contributed by atoms with van der Waals surface area (Å²) in [5, 5.41) is 6.51. The van der Waals surface area contributed by atoms with E-state index < -0.39 is 29.8 Å². The van der Waals surface area contributed by atoms with E-state index in [1.165, 1.54) is 31.2 Å². The van der Waals surface area contributed by atoms with Crippen LogP contribution in [0.15, 0.2) is 53.1 Å². The Balaban J connectivity index is 1.46. The quantitative estimate of drug-likeness (QED) is 0.651. The molecule has 9 heteroatoms. The number of carbonyl (C=O) groups is 3. The lowest BCUT2D eigenvalue weighted by molar-refractivity contribution is -0.125. The lowest BCUT2D eigenvalue weighted by Crippen LogP contribution is -2.48. The molecular weight excluding hydrogens is 391 g/mol. The Kier molecular flexibility index (Phi) is 4.86. The molecule has 152 valence electrons. The van der Waals surface area contributed by atoms with Crippen molar-refractivity contribution >= 4 is 17.7 Å². The van der Waals surface area contributed by atoms with Crippen LogP contribution in [0.5, 0.6) is 0 Å². The van der Waals surface area contributed by atoms with Crippen LogP contribution in [0.2, 0.25) is 0 Å². The number of hydrogen-bond acceptors (Lipinski definition) is 6. The number of carbonyl (C=O) groups excluding carboxylic acids is 3. The van der Waals surface area contributed by atoms with Crippen molar-refractivity contribution in [2.75, 3.05) is 0 Å². The molecule has 0 aliphatic carbocycles. The fraction of sp³-hybridized carbons (Fsp3) is 0.190. The minimum atomic E-state index is -1.03. The first-order valence-electron chi connectivity index (χ1n) is 9.23. The van der Waals surface area contributed by atoms with Crippen LogP contribution in [0.4, 0.5) is 4.39 Å². The monoisotopic (exact) mass is 408 g/mol. The minimum Gasteiger partial charge on any atom is -0.343 e. The molecule has 3 amide bonds. The summed E-state index contributed by atoms with van der Waals surface area (Å²) < 4.78 is 18.3. The number of halogens is 1. The molecule has 0 bridgehead atoms. The average Bonchev–Trinajstić information content (AvgIpc) is 3.33. The number of aromatic nitrogens is 2. The number of fused-ring (bicyclic) bond motifs is 1. The van der Waals surface area contributed by atoms with Crippen LogP contribution in [0.25, 0.3) is 11.4 Å². The van der Waals surface area contributed by atoms with Crippen molar-refractivity contribution in [2.45, 2.75) is 25.9 Å². The second kappa shape index (κ2) is 7.51. The van der Waals surface area contributed by atoms with E-state index in [-0.39, 0.29) is 28.7 Å². The third kappa shape index (κ3) is 3.34. The summed E-state index contributed by atoms with van der Waals surface area (Å²) in [5.74, 6) is -1.56. The maximum atomic E-state index is 13.1. The number of imide groups is 1. The number of amides is 3. The van der Waals surface area contributed by atoms with Crippen LogP contribution in [-0.4, -0.2) is 38.8 Å². The smallest absolute Gasteiger partial charge is 0.262 e. The van der Waals surface area contributed by atoms with Crippen molar-refractivity contribution in [1.29, 1.82) is 0 Å². The van der Waals surface area contributed by atoms with Crippen LogP contribution in [0.1, 0.15) is 46.5 Å². The standard InChI is InChI=1S/C21H17FN4O4/c1-11(19-24-17(25-30-19)13-7-9-14(22)10-8-13)23-18(27)12(2)26-20(28)15-5-3-4-6-16(15)21(26)29/h3-12H,1-2H3,(H,23,27). The Morgan fingerprint density at radius 1 is 1.03 bits per heavy atom. The molecule has 4 rings (SSSR count). The Bertz CT molecular complexity index is 1110. The molecule has 8 nitrogen and oxygen atoms in total. The molecule has 0 saturated heterocycles. The van der Waals surface area contributed by atoms with Crippen molar-refractivity contribution in [3.8, 4) is 11.4 Å². The lowest BCUT2D eigenvalue weighted by atomic mass is 10.1.